The molecule has 362 valence electrons. The average molecular weight is 990 g/mol. The van der Waals surface area contributed by atoms with Crippen LogP contribution >= 0.6 is 23.5 Å². The molecule has 0 saturated carbocycles. The number of nitrogens with one attached hydrogen (secondary N) is 2. The lowest BCUT2D eigenvalue weighted by molar-refractivity contribution is 0.483. The van der Waals surface area contributed by atoms with E-state index in [1.54, 1.807) is 12.1 Å². The molecule has 1 aliphatic carbocycles. The quantitative estimate of drug-likeness (QED) is 0.0190. The number of nitrogens with zero attached hydrogens (tertiary/aromatic N) is 2. The molecule has 1 aliphatic heterocycles. The van der Waals surface area contributed by atoms with Crippen molar-refractivity contribution in [2.24, 2.45) is 0 Å². The summed E-state index contributed by atoms with van der Waals surface area (Å²) in [5, 5.41) is 9.08. The van der Waals surface area contributed by atoms with Crippen molar-refractivity contribution in [1.29, 1.82) is 0 Å². The van der Waals surface area contributed by atoms with Gasteiger partial charge in [-0.05, 0) is 138 Å². The third-order valence-electron chi connectivity index (χ3n) is 12.7. The predicted octanol–water partition coefficient (Wildman–Crippen LogP) is 13.3. The van der Waals surface area contributed by atoms with Crippen LogP contribution in [0.4, 0.5) is 17.1 Å². The summed E-state index contributed by atoms with van der Waals surface area (Å²) in [4.78, 5) is 4.84. The first kappa shape index (κ1) is 50.7. The Kier molecular flexibility index (Phi) is 17.7. The van der Waals surface area contributed by atoms with Crippen LogP contribution in [0.15, 0.2) is 177 Å². The zero-order valence-electron chi connectivity index (χ0n) is 40.8. The van der Waals surface area contributed by atoms with Gasteiger partial charge in [0.15, 0.2) is 6.54 Å². The second kappa shape index (κ2) is 24.4. The Morgan fingerprint density at radius 2 is 1.16 bits per heavy atom. The van der Waals surface area contributed by atoms with Crippen molar-refractivity contribution in [3.05, 3.63) is 185 Å². The zero-order chi connectivity index (χ0) is 48.9. The Labute approximate surface area is 423 Å². The molecule has 1 heterocycles. The lowest BCUT2D eigenvalue weighted by Gasteiger charge is -2.29. The molecule has 8 nitrogen and oxygen atoms in total. The van der Waals surface area contributed by atoms with Gasteiger partial charge in [-0.15, -0.1) is 23.5 Å². The van der Waals surface area contributed by atoms with Crippen LogP contribution in [0, 0.1) is 27.7 Å². The van der Waals surface area contributed by atoms with E-state index in [1.807, 2.05) is 41.7 Å². The molecule has 11 heteroatoms. The molecule has 8 rings (SSSR count). The average Bonchev–Trinajstić information content (AvgIpc) is 3.36. The van der Waals surface area contributed by atoms with Gasteiger partial charge in [-0.1, -0.05) is 91.0 Å². The van der Waals surface area contributed by atoms with Gasteiger partial charge in [0.25, 0.3) is 10.1 Å². The predicted molar refractivity (Wildman–Crippen MR) is 295 cm³/mol. The van der Waals surface area contributed by atoms with Crippen LogP contribution in [0.2, 0.25) is 0 Å². The molecule has 0 unspecified atom stereocenters. The topological polar surface area (TPSA) is 97.8 Å². The van der Waals surface area contributed by atoms with Crippen LogP contribution in [-0.2, 0) is 10.1 Å². The minimum atomic E-state index is -4.58. The Balaban J connectivity index is 1.15. The molecular weight excluding hydrogens is 925 g/mol. The van der Waals surface area contributed by atoms with Gasteiger partial charge in [-0.2, -0.15) is 13.0 Å². The van der Waals surface area contributed by atoms with E-state index in [-0.39, 0.29) is 4.90 Å². The van der Waals surface area contributed by atoms with Gasteiger partial charge in [-0.3, -0.25) is 4.55 Å². The maximum absolute atomic E-state index is 13.0. The van der Waals surface area contributed by atoms with Crippen molar-refractivity contribution in [3.8, 4) is 22.5 Å². The normalized spacial score (nSPS) is 12.2. The number of fused-ring (bicyclic) bond motifs is 2. The molecule has 0 spiro atoms. The summed E-state index contributed by atoms with van der Waals surface area (Å²) < 4.78 is 46.1. The summed E-state index contributed by atoms with van der Waals surface area (Å²) in [7, 11) is -4.58. The molecule has 6 aromatic carbocycles. The highest BCUT2D eigenvalue weighted by Gasteiger charge is 2.26. The number of thioether (sulfide) groups is 2. The maximum Gasteiger partial charge on any atom is 0.295 e. The molecule has 0 amide bonds. The van der Waals surface area contributed by atoms with Gasteiger partial charge in [0.1, 0.15) is 16.2 Å². The molecular formula is C59H65N4O4S3+. The Morgan fingerprint density at radius 3 is 1.79 bits per heavy atom. The number of rotatable bonds is 23. The summed E-state index contributed by atoms with van der Waals surface area (Å²) in [5.41, 5.74) is 10.5. The number of para-hydroxylation sites is 2. The number of aryl methyl sites for hydroxylation is 4. The van der Waals surface area contributed by atoms with Gasteiger partial charge < -0.3 is 20.0 Å². The van der Waals surface area contributed by atoms with Gasteiger partial charge in [0.05, 0.1) is 6.07 Å². The largest absolute Gasteiger partial charge is 0.456 e. The van der Waals surface area contributed by atoms with E-state index in [0.717, 1.165) is 110 Å². The standard InChI is InChI=1S/C59H64N4O4S3/c1-43-19-13-20-44(2)58(43)62(37-15-33-60-35-17-39-68-49-23-7-5-8-24-49)47-29-31-51-54(41-47)67-55-42-48(30-32-52(55)57(51)53-27-11-12-28-56(53)70(64,65)66)63(59-45(3)21-14-22-46(59)4)38-16-34-61-36-18-40-69-50-25-9-6-10-26-50/h5-14,19-32,41-42,60-61H,15-18,33-40H2,1-4H3/p+1. The van der Waals surface area contributed by atoms with E-state index in [1.165, 1.54) is 38.1 Å². The Bertz CT molecular complexity index is 3120. The summed E-state index contributed by atoms with van der Waals surface area (Å²) in [6, 6.07) is 53.1. The second-order valence-corrected chi connectivity index (χ2v) is 21.6. The fraction of sp³-hybridized carbons (Fsp3) is 0.271. The monoisotopic (exact) mass is 989 g/mol. The third-order valence-corrected chi connectivity index (χ3v) is 15.8. The first-order valence-electron chi connectivity index (χ1n) is 24.4. The molecule has 3 N–H and O–H groups in total. The number of benzene rings is 7. The van der Waals surface area contributed by atoms with Crippen LogP contribution < -0.4 is 25.5 Å². The van der Waals surface area contributed by atoms with Crippen molar-refractivity contribution in [1.82, 2.24) is 15.2 Å². The van der Waals surface area contributed by atoms with E-state index in [4.69, 9.17) is 4.42 Å². The molecule has 0 bridgehead atoms. The fourth-order valence-corrected chi connectivity index (χ4v) is 11.8. The van der Waals surface area contributed by atoms with Crippen molar-refractivity contribution in [2.45, 2.75) is 68.1 Å². The van der Waals surface area contributed by atoms with E-state index in [2.05, 4.69) is 169 Å². The van der Waals surface area contributed by atoms with Crippen molar-refractivity contribution < 1.29 is 17.4 Å². The first-order chi connectivity index (χ1) is 34.1. The summed E-state index contributed by atoms with van der Waals surface area (Å²) in [6.45, 7) is 13.8. The molecule has 0 atom stereocenters. The van der Waals surface area contributed by atoms with Crippen molar-refractivity contribution in [3.63, 3.8) is 0 Å². The van der Waals surface area contributed by atoms with Crippen LogP contribution in [-0.4, -0.2) is 63.7 Å². The van der Waals surface area contributed by atoms with Gasteiger partial charge in [0.2, 0.25) is 11.0 Å². The lowest BCUT2D eigenvalue weighted by Crippen LogP contribution is -2.30. The highest BCUT2D eigenvalue weighted by Crippen LogP contribution is 2.44. The third kappa shape index (κ3) is 12.8. The van der Waals surface area contributed by atoms with E-state index in [0.29, 0.717) is 22.5 Å². The van der Waals surface area contributed by atoms with Gasteiger partial charge >= 0.3 is 0 Å². The summed E-state index contributed by atoms with van der Waals surface area (Å²) in [6.07, 6.45) is 4.00. The Morgan fingerprint density at radius 1 is 0.586 bits per heavy atom. The van der Waals surface area contributed by atoms with Crippen LogP contribution in [0.5, 0.6) is 0 Å². The van der Waals surface area contributed by atoms with Crippen LogP contribution in [0.25, 0.3) is 33.4 Å². The number of anilines is 2. The second-order valence-electron chi connectivity index (χ2n) is 17.8. The van der Waals surface area contributed by atoms with E-state index < -0.39 is 10.1 Å². The molecule has 6 aromatic rings. The minimum Gasteiger partial charge on any atom is -0.456 e. The van der Waals surface area contributed by atoms with Gasteiger partial charge in [0, 0.05) is 86.0 Å². The number of hydrogen-bond donors (Lipinski definition) is 3. The lowest BCUT2D eigenvalue weighted by atomic mass is 9.93. The molecule has 2 aliphatic rings. The summed E-state index contributed by atoms with van der Waals surface area (Å²) in [5.74, 6) is 2.74. The molecule has 0 aromatic heterocycles. The SMILES string of the molecule is Cc1cccc(C)c1N(CCCNCCCSc1ccccc1)c1ccc2c(-c3ccccc3S(=O)(=O)O)c3ccc(=[N+](CCCNCCCSc4ccccc4)c4c(C)cccc4C)cc-3oc2c1. The fourth-order valence-electron chi connectivity index (χ4n) is 9.38. The molecule has 0 radical (unpaired) electrons. The van der Waals surface area contributed by atoms with E-state index >= 15 is 0 Å². The van der Waals surface area contributed by atoms with Crippen LogP contribution in [0.3, 0.4) is 0 Å². The molecule has 0 fully saturated rings. The molecule has 70 heavy (non-hydrogen) atoms. The number of hydrogen-bond acceptors (Lipinski definition) is 8. The van der Waals surface area contributed by atoms with Crippen molar-refractivity contribution >= 4 is 61.7 Å². The maximum atomic E-state index is 13.0. The Hall–Kier alpha value is -5.66. The van der Waals surface area contributed by atoms with Gasteiger partial charge in [-0.25, -0.2) is 0 Å². The van der Waals surface area contributed by atoms with Crippen molar-refractivity contribution in [2.75, 3.05) is 55.7 Å². The smallest absolute Gasteiger partial charge is 0.295 e. The molecule has 0 saturated heterocycles. The highest BCUT2D eigenvalue weighted by molar-refractivity contribution is 7.99. The van der Waals surface area contributed by atoms with Crippen LogP contribution in [0.1, 0.15) is 47.9 Å². The zero-order valence-corrected chi connectivity index (χ0v) is 43.2. The summed E-state index contributed by atoms with van der Waals surface area (Å²) >= 11 is 3.79. The minimum absolute atomic E-state index is 0.149. The first-order valence-corrected chi connectivity index (χ1v) is 27.8. The van der Waals surface area contributed by atoms with E-state index in [9.17, 15) is 13.0 Å². The highest BCUT2D eigenvalue weighted by atomic mass is 32.2.